The SMILES string of the molecule is Cc1ccc(-c2noc(CN3CCN(c4cccc(C)c4C)CC3)n2)cc1. The van der Waals surface area contributed by atoms with Crippen LogP contribution in [-0.4, -0.2) is 41.2 Å². The van der Waals surface area contributed by atoms with Crippen molar-refractivity contribution in [1.29, 1.82) is 0 Å². The minimum atomic E-state index is 0.666. The Balaban J connectivity index is 1.37. The second kappa shape index (κ2) is 7.53. The van der Waals surface area contributed by atoms with Gasteiger partial charge in [-0.15, -0.1) is 0 Å². The number of hydrogen-bond acceptors (Lipinski definition) is 5. The van der Waals surface area contributed by atoms with Crippen molar-refractivity contribution in [3.05, 3.63) is 65.0 Å². The topological polar surface area (TPSA) is 45.4 Å². The van der Waals surface area contributed by atoms with Gasteiger partial charge in [-0.2, -0.15) is 4.98 Å². The summed E-state index contributed by atoms with van der Waals surface area (Å²) >= 11 is 0. The first-order chi connectivity index (χ1) is 13.1. The molecule has 140 valence electrons. The molecular formula is C22H26N4O. The zero-order chi connectivity index (χ0) is 18.8. The van der Waals surface area contributed by atoms with Crippen LogP contribution in [0.3, 0.4) is 0 Å². The average Bonchev–Trinajstić information content (AvgIpc) is 3.14. The molecule has 1 aliphatic heterocycles. The second-order valence-electron chi connectivity index (χ2n) is 7.36. The molecule has 0 saturated carbocycles. The van der Waals surface area contributed by atoms with Gasteiger partial charge in [-0.05, 0) is 38.0 Å². The standard InChI is InChI=1S/C22H26N4O/c1-16-7-9-19(10-8-16)22-23-21(27-24-22)15-25-11-13-26(14-12-25)20-6-4-5-17(2)18(20)3/h4-10H,11-15H2,1-3H3. The van der Waals surface area contributed by atoms with Gasteiger partial charge in [0.15, 0.2) is 0 Å². The lowest BCUT2D eigenvalue weighted by Gasteiger charge is -2.36. The number of aromatic nitrogens is 2. The van der Waals surface area contributed by atoms with Crippen LogP contribution in [0.1, 0.15) is 22.6 Å². The molecule has 0 N–H and O–H groups in total. The van der Waals surface area contributed by atoms with Gasteiger partial charge in [0.1, 0.15) is 0 Å². The first-order valence-corrected chi connectivity index (χ1v) is 9.53. The maximum absolute atomic E-state index is 5.48. The Morgan fingerprint density at radius 3 is 2.41 bits per heavy atom. The predicted molar refractivity (Wildman–Crippen MR) is 108 cm³/mol. The Morgan fingerprint density at radius 2 is 1.67 bits per heavy atom. The number of benzene rings is 2. The van der Waals surface area contributed by atoms with Gasteiger partial charge in [0.25, 0.3) is 0 Å². The summed E-state index contributed by atoms with van der Waals surface area (Å²) in [7, 11) is 0. The number of piperazine rings is 1. The van der Waals surface area contributed by atoms with E-state index in [1.807, 2.05) is 12.1 Å². The molecule has 5 heteroatoms. The van der Waals surface area contributed by atoms with E-state index in [2.05, 4.69) is 71.0 Å². The maximum Gasteiger partial charge on any atom is 0.241 e. The third-order valence-corrected chi connectivity index (χ3v) is 5.43. The predicted octanol–water partition coefficient (Wildman–Crippen LogP) is 3.98. The van der Waals surface area contributed by atoms with E-state index in [0.717, 1.165) is 31.7 Å². The fourth-order valence-electron chi connectivity index (χ4n) is 3.56. The van der Waals surface area contributed by atoms with Crippen molar-refractivity contribution in [3.8, 4) is 11.4 Å². The molecule has 0 unspecified atom stereocenters. The zero-order valence-electron chi connectivity index (χ0n) is 16.3. The summed E-state index contributed by atoms with van der Waals surface area (Å²) in [5, 5.41) is 4.14. The fraction of sp³-hybridized carbons (Fsp3) is 0.364. The summed E-state index contributed by atoms with van der Waals surface area (Å²) in [4.78, 5) is 9.43. The minimum absolute atomic E-state index is 0.666. The van der Waals surface area contributed by atoms with Crippen molar-refractivity contribution in [1.82, 2.24) is 15.0 Å². The maximum atomic E-state index is 5.48. The van der Waals surface area contributed by atoms with Crippen molar-refractivity contribution in [3.63, 3.8) is 0 Å². The van der Waals surface area contributed by atoms with E-state index in [9.17, 15) is 0 Å². The molecule has 1 fully saturated rings. The van der Waals surface area contributed by atoms with E-state index in [1.165, 1.54) is 22.4 Å². The Hall–Kier alpha value is -2.66. The van der Waals surface area contributed by atoms with Crippen LogP contribution < -0.4 is 4.90 Å². The molecule has 5 nitrogen and oxygen atoms in total. The van der Waals surface area contributed by atoms with Crippen molar-refractivity contribution in [2.75, 3.05) is 31.1 Å². The van der Waals surface area contributed by atoms with Crippen molar-refractivity contribution >= 4 is 5.69 Å². The first kappa shape index (κ1) is 17.7. The highest BCUT2D eigenvalue weighted by molar-refractivity contribution is 5.56. The molecule has 1 saturated heterocycles. The quantitative estimate of drug-likeness (QED) is 0.702. The Bertz CT molecular complexity index is 908. The lowest BCUT2D eigenvalue weighted by atomic mass is 10.1. The number of aryl methyl sites for hydroxylation is 2. The van der Waals surface area contributed by atoms with E-state index in [4.69, 9.17) is 4.52 Å². The summed E-state index contributed by atoms with van der Waals surface area (Å²) < 4.78 is 5.48. The molecule has 27 heavy (non-hydrogen) atoms. The molecule has 0 spiro atoms. The van der Waals surface area contributed by atoms with E-state index in [0.29, 0.717) is 18.3 Å². The van der Waals surface area contributed by atoms with Gasteiger partial charge in [0, 0.05) is 37.4 Å². The van der Waals surface area contributed by atoms with Crippen LogP contribution in [-0.2, 0) is 6.54 Å². The van der Waals surface area contributed by atoms with E-state index in [-0.39, 0.29) is 0 Å². The minimum Gasteiger partial charge on any atom is -0.369 e. The molecule has 3 aromatic rings. The molecule has 0 bridgehead atoms. The van der Waals surface area contributed by atoms with Gasteiger partial charge < -0.3 is 9.42 Å². The monoisotopic (exact) mass is 362 g/mol. The lowest BCUT2D eigenvalue weighted by Crippen LogP contribution is -2.46. The van der Waals surface area contributed by atoms with E-state index >= 15 is 0 Å². The Kier molecular flexibility index (Phi) is 4.94. The number of rotatable bonds is 4. The molecule has 0 atom stereocenters. The van der Waals surface area contributed by atoms with Crippen molar-refractivity contribution in [2.24, 2.45) is 0 Å². The van der Waals surface area contributed by atoms with Crippen molar-refractivity contribution < 1.29 is 4.52 Å². The largest absolute Gasteiger partial charge is 0.369 e. The number of nitrogens with zero attached hydrogens (tertiary/aromatic N) is 4. The highest BCUT2D eigenvalue weighted by Crippen LogP contribution is 2.24. The van der Waals surface area contributed by atoms with Crippen molar-refractivity contribution in [2.45, 2.75) is 27.3 Å². The smallest absolute Gasteiger partial charge is 0.241 e. The normalized spacial score (nSPS) is 15.3. The molecule has 1 aliphatic rings. The third kappa shape index (κ3) is 3.88. The third-order valence-electron chi connectivity index (χ3n) is 5.43. The van der Waals surface area contributed by atoms with Gasteiger partial charge in [-0.1, -0.05) is 47.1 Å². The van der Waals surface area contributed by atoms with E-state index in [1.54, 1.807) is 0 Å². The van der Waals surface area contributed by atoms with E-state index < -0.39 is 0 Å². The molecule has 2 aromatic carbocycles. The average molecular weight is 362 g/mol. The molecule has 4 rings (SSSR count). The summed E-state index contributed by atoms with van der Waals surface area (Å²) in [6, 6.07) is 14.8. The van der Waals surface area contributed by atoms with Crippen LogP contribution in [0, 0.1) is 20.8 Å². The zero-order valence-corrected chi connectivity index (χ0v) is 16.3. The van der Waals surface area contributed by atoms with Gasteiger partial charge in [0.2, 0.25) is 11.7 Å². The number of hydrogen-bond donors (Lipinski definition) is 0. The second-order valence-corrected chi connectivity index (χ2v) is 7.36. The summed E-state index contributed by atoms with van der Waals surface area (Å²) in [5.41, 5.74) is 6.31. The van der Waals surface area contributed by atoms with Crippen LogP contribution in [0.2, 0.25) is 0 Å². The summed E-state index contributed by atoms with van der Waals surface area (Å²) in [6.07, 6.45) is 0. The van der Waals surface area contributed by atoms with Crippen LogP contribution in [0.25, 0.3) is 11.4 Å². The molecule has 1 aromatic heterocycles. The van der Waals surface area contributed by atoms with Gasteiger partial charge in [0.05, 0.1) is 6.54 Å². The highest BCUT2D eigenvalue weighted by Gasteiger charge is 2.21. The molecule has 0 radical (unpaired) electrons. The Labute approximate surface area is 160 Å². The summed E-state index contributed by atoms with van der Waals surface area (Å²) in [6.45, 7) is 11.2. The van der Waals surface area contributed by atoms with Crippen LogP contribution >= 0.6 is 0 Å². The van der Waals surface area contributed by atoms with Crippen LogP contribution in [0.5, 0.6) is 0 Å². The lowest BCUT2D eigenvalue weighted by molar-refractivity contribution is 0.215. The Morgan fingerprint density at radius 1 is 0.926 bits per heavy atom. The molecule has 2 heterocycles. The van der Waals surface area contributed by atoms with Gasteiger partial charge in [-0.3, -0.25) is 4.90 Å². The van der Waals surface area contributed by atoms with Gasteiger partial charge in [-0.25, -0.2) is 0 Å². The summed E-state index contributed by atoms with van der Waals surface area (Å²) in [5.74, 6) is 1.35. The molecule has 0 amide bonds. The highest BCUT2D eigenvalue weighted by atomic mass is 16.5. The first-order valence-electron chi connectivity index (χ1n) is 9.53. The molecule has 0 aliphatic carbocycles. The van der Waals surface area contributed by atoms with Gasteiger partial charge >= 0.3 is 0 Å². The number of anilines is 1. The van der Waals surface area contributed by atoms with Crippen LogP contribution in [0.15, 0.2) is 47.0 Å². The molecular weight excluding hydrogens is 336 g/mol. The fourth-order valence-corrected chi connectivity index (χ4v) is 3.56. The van der Waals surface area contributed by atoms with Crippen LogP contribution in [0.4, 0.5) is 5.69 Å².